The van der Waals surface area contributed by atoms with Crippen molar-refractivity contribution in [2.75, 3.05) is 16.8 Å². The van der Waals surface area contributed by atoms with Crippen molar-refractivity contribution in [3.63, 3.8) is 0 Å². The molecule has 2 aromatic rings. The maximum Gasteiger partial charge on any atom is 0.416 e. The fraction of sp³-hybridized carbons (Fsp3) is 0.333. The highest BCUT2D eigenvalue weighted by Crippen LogP contribution is 2.32. The van der Waals surface area contributed by atoms with Crippen molar-refractivity contribution in [2.45, 2.75) is 32.9 Å². The van der Waals surface area contributed by atoms with E-state index in [1.54, 1.807) is 17.0 Å². The van der Waals surface area contributed by atoms with E-state index in [2.05, 4.69) is 5.32 Å². The fourth-order valence-corrected chi connectivity index (χ4v) is 3.22. The summed E-state index contributed by atoms with van der Waals surface area (Å²) in [6.07, 6.45) is -3.43. The van der Waals surface area contributed by atoms with Crippen molar-refractivity contribution in [1.82, 2.24) is 0 Å². The molecule has 0 atom stereocenters. The van der Waals surface area contributed by atoms with Crippen LogP contribution in [0.2, 0.25) is 0 Å². The molecular weight excluding hydrogens is 369 g/mol. The summed E-state index contributed by atoms with van der Waals surface area (Å²) in [6, 6.07) is 9.40. The molecule has 1 aliphatic rings. The van der Waals surface area contributed by atoms with Crippen LogP contribution in [-0.2, 0) is 17.4 Å². The van der Waals surface area contributed by atoms with Gasteiger partial charge in [0.1, 0.15) is 0 Å². The number of carbonyl (C=O) groups is 2. The van der Waals surface area contributed by atoms with E-state index in [0.717, 1.165) is 35.5 Å². The number of halogens is 3. The second-order valence-corrected chi connectivity index (χ2v) is 7.27. The molecule has 0 aliphatic carbocycles. The van der Waals surface area contributed by atoms with Gasteiger partial charge in [0.15, 0.2) is 0 Å². The number of aryl methyl sites for hydroxylation is 1. The van der Waals surface area contributed by atoms with Gasteiger partial charge in [-0.05, 0) is 60.4 Å². The molecule has 0 bridgehead atoms. The third-order valence-electron chi connectivity index (χ3n) is 4.56. The second-order valence-electron chi connectivity index (χ2n) is 7.27. The summed E-state index contributed by atoms with van der Waals surface area (Å²) in [5.41, 5.74) is 1.69. The van der Waals surface area contributed by atoms with E-state index in [4.69, 9.17) is 0 Å². The Balaban J connectivity index is 1.77. The third-order valence-corrected chi connectivity index (χ3v) is 4.56. The number of rotatable bonds is 4. The Bertz CT molecular complexity index is 890. The molecule has 0 saturated heterocycles. The summed E-state index contributed by atoms with van der Waals surface area (Å²) >= 11 is 0. The minimum Gasteiger partial charge on any atom is -0.322 e. The number of carbonyl (C=O) groups excluding carboxylic acids is 2. The number of alkyl halides is 3. The molecule has 4 nitrogen and oxygen atoms in total. The average Bonchev–Trinajstić information content (AvgIpc) is 2.63. The predicted molar refractivity (Wildman–Crippen MR) is 101 cm³/mol. The predicted octanol–water partition coefficient (Wildman–Crippen LogP) is 4.89. The van der Waals surface area contributed by atoms with Crippen molar-refractivity contribution in [1.29, 1.82) is 0 Å². The second kappa shape index (κ2) is 7.66. The summed E-state index contributed by atoms with van der Waals surface area (Å²) in [4.78, 5) is 26.3. The van der Waals surface area contributed by atoms with Crippen molar-refractivity contribution in [2.24, 2.45) is 5.92 Å². The normalized spacial score (nSPS) is 14.2. The van der Waals surface area contributed by atoms with E-state index >= 15 is 0 Å². The van der Waals surface area contributed by atoms with E-state index in [1.807, 2.05) is 19.9 Å². The molecule has 0 saturated carbocycles. The molecule has 3 rings (SSSR count). The number of nitrogens with one attached hydrogen (secondary N) is 1. The maximum absolute atomic E-state index is 12.6. The standard InChI is InChI=1S/C21H21F3N2O2/c1-13(2)12-26-18-9-8-17(11-15(18)5-10-19(26)27)25-20(28)14-3-6-16(7-4-14)21(22,23)24/h3-4,6-9,11,13H,5,10,12H2,1-2H3,(H,25,28). The van der Waals surface area contributed by atoms with Gasteiger partial charge in [0, 0.05) is 29.9 Å². The topological polar surface area (TPSA) is 49.4 Å². The van der Waals surface area contributed by atoms with Crippen molar-refractivity contribution in [3.05, 3.63) is 59.2 Å². The van der Waals surface area contributed by atoms with E-state index < -0.39 is 17.6 Å². The Morgan fingerprint density at radius 1 is 1.11 bits per heavy atom. The molecule has 1 aliphatic heterocycles. The monoisotopic (exact) mass is 390 g/mol. The van der Waals surface area contributed by atoms with Gasteiger partial charge < -0.3 is 10.2 Å². The molecule has 2 amide bonds. The van der Waals surface area contributed by atoms with Gasteiger partial charge in [-0.15, -0.1) is 0 Å². The van der Waals surface area contributed by atoms with Gasteiger partial charge in [-0.2, -0.15) is 13.2 Å². The van der Waals surface area contributed by atoms with E-state index in [1.165, 1.54) is 0 Å². The van der Waals surface area contributed by atoms with Gasteiger partial charge in [-0.25, -0.2) is 0 Å². The number of fused-ring (bicyclic) bond motifs is 1. The number of hydrogen-bond acceptors (Lipinski definition) is 2. The van der Waals surface area contributed by atoms with Crippen LogP contribution >= 0.6 is 0 Å². The lowest BCUT2D eigenvalue weighted by atomic mass is 9.99. The van der Waals surface area contributed by atoms with Gasteiger partial charge >= 0.3 is 6.18 Å². The molecule has 2 aromatic carbocycles. The lowest BCUT2D eigenvalue weighted by Crippen LogP contribution is -2.37. The third kappa shape index (κ3) is 4.35. The Kier molecular flexibility index (Phi) is 5.45. The van der Waals surface area contributed by atoms with Gasteiger partial charge in [-0.1, -0.05) is 13.8 Å². The van der Waals surface area contributed by atoms with Crippen LogP contribution < -0.4 is 10.2 Å². The minimum atomic E-state index is -4.44. The van der Waals surface area contributed by atoms with Gasteiger partial charge in [0.2, 0.25) is 5.91 Å². The summed E-state index contributed by atoms with van der Waals surface area (Å²) < 4.78 is 37.9. The quantitative estimate of drug-likeness (QED) is 0.808. The molecule has 148 valence electrons. The van der Waals surface area contributed by atoms with Crippen LogP contribution in [0.4, 0.5) is 24.5 Å². The first kappa shape index (κ1) is 19.9. The number of nitrogens with zero attached hydrogens (tertiary/aromatic N) is 1. The van der Waals surface area contributed by atoms with Gasteiger partial charge in [0.25, 0.3) is 5.91 Å². The van der Waals surface area contributed by atoms with E-state index in [-0.39, 0.29) is 11.5 Å². The Labute approximate surface area is 161 Å². The van der Waals surface area contributed by atoms with Gasteiger partial charge in [-0.3, -0.25) is 9.59 Å². The summed E-state index contributed by atoms with van der Waals surface area (Å²) in [5.74, 6) is -0.0729. The molecule has 0 aromatic heterocycles. The number of anilines is 2. The first-order valence-electron chi connectivity index (χ1n) is 9.07. The molecule has 1 heterocycles. The molecule has 0 unspecified atom stereocenters. The van der Waals surface area contributed by atoms with Crippen LogP contribution in [0.1, 0.15) is 41.8 Å². The number of amides is 2. The smallest absolute Gasteiger partial charge is 0.322 e. The summed E-state index contributed by atoms with van der Waals surface area (Å²) in [7, 11) is 0. The Morgan fingerprint density at radius 2 is 1.79 bits per heavy atom. The molecule has 1 N–H and O–H groups in total. The first-order valence-corrected chi connectivity index (χ1v) is 9.07. The van der Waals surface area contributed by atoms with Crippen LogP contribution in [0.15, 0.2) is 42.5 Å². The maximum atomic E-state index is 12.6. The lowest BCUT2D eigenvalue weighted by molar-refractivity contribution is -0.137. The molecule has 7 heteroatoms. The SMILES string of the molecule is CC(C)CN1C(=O)CCc2cc(NC(=O)c3ccc(C(F)(F)F)cc3)ccc21. The first-order chi connectivity index (χ1) is 13.1. The van der Waals surface area contributed by atoms with Crippen LogP contribution in [0.25, 0.3) is 0 Å². The number of hydrogen-bond donors (Lipinski definition) is 1. The Hall–Kier alpha value is -2.83. The summed E-state index contributed by atoms with van der Waals surface area (Å²) in [6.45, 7) is 4.71. The fourth-order valence-electron chi connectivity index (χ4n) is 3.22. The van der Waals surface area contributed by atoms with Gasteiger partial charge in [0.05, 0.1) is 5.56 Å². The van der Waals surface area contributed by atoms with E-state index in [9.17, 15) is 22.8 Å². The lowest BCUT2D eigenvalue weighted by Gasteiger charge is -2.31. The van der Waals surface area contributed by atoms with Crippen molar-refractivity contribution in [3.8, 4) is 0 Å². The highest BCUT2D eigenvalue weighted by atomic mass is 19.4. The molecular formula is C21H21F3N2O2. The highest BCUT2D eigenvalue weighted by Gasteiger charge is 2.30. The molecule has 28 heavy (non-hydrogen) atoms. The Morgan fingerprint density at radius 3 is 2.39 bits per heavy atom. The minimum absolute atomic E-state index is 0.0859. The van der Waals surface area contributed by atoms with Crippen LogP contribution in [0, 0.1) is 5.92 Å². The largest absolute Gasteiger partial charge is 0.416 e. The molecule has 0 radical (unpaired) electrons. The van der Waals surface area contributed by atoms with Crippen LogP contribution in [0.5, 0.6) is 0 Å². The van der Waals surface area contributed by atoms with Crippen molar-refractivity contribution < 1.29 is 22.8 Å². The zero-order valence-electron chi connectivity index (χ0n) is 15.6. The van der Waals surface area contributed by atoms with E-state index in [0.29, 0.717) is 31.0 Å². The van der Waals surface area contributed by atoms with Crippen LogP contribution in [0.3, 0.4) is 0 Å². The molecule has 0 spiro atoms. The zero-order chi connectivity index (χ0) is 20.5. The van der Waals surface area contributed by atoms with Crippen molar-refractivity contribution >= 4 is 23.2 Å². The summed E-state index contributed by atoms with van der Waals surface area (Å²) in [5, 5.41) is 2.71. The highest BCUT2D eigenvalue weighted by molar-refractivity contribution is 6.04. The average molecular weight is 390 g/mol. The zero-order valence-corrected chi connectivity index (χ0v) is 15.6. The molecule has 0 fully saturated rings. The van der Waals surface area contributed by atoms with Crippen LogP contribution in [-0.4, -0.2) is 18.4 Å². The number of benzene rings is 2.